The van der Waals surface area contributed by atoms with Crippen LogP contribution in [0.1, 0.15) is 35.2 Å². The molecular formula is C16H20FNO2. The number of nitrogens with zero attached hydrogens (tertiary/aromatic N) is 1. The molecular weight excluding hydrogens is 257 g/mol. The number of carbonyl (C=O) groups is 1. The normalized spacial score (nSPS) is 22.0. The van der Waals surface area contributed by atoms with Gasteiger partial charge in [0.15, 0.2) is 0 Å². The van der Waals surface area contributed by atoms with Gasteiger partial charge in [-0.1, -0.05) is 0 Å². The molecule has 0 N–H and O–H groups in total. The highest BCUT2D eigenvalue weighted by Gasteiger charge is 2.35. The van der Waals surface area contributed by atoms with Gasteiger partial charge in [-0.15, -0.1) is 0 Å². The zero-order valence-corrected chi connectivity index (χ0v) is 11.8. The highest BCUT2D eigenvalue weighted by atomic mass is 19.1. The van der Waals surface area contributed by atoms with Crippen LogP contribution in [-0.2, 0) is 4.74 Å². The van der Waals surface area contributed by atoms with Crippen LogP contribution in [-0.4, -0.2) is 36.6 Å². The number of aryl methyl sites for hydroxylation is 1. The number of benzene rings is 1. The van der Waals surface area contributed by atoms with Crippen molar-refractivity contribution in [1.29, 1.82) is 0 Å². The summed E-state index contributed by atoms with van der Waals surface area (Å²) in [5.74, 6) is 0.193. The monoisotopic (exact) mass is 277 g/mol. The molecule has 1 aliphatic carbocycles. The molecule has 1 aromatic carbocycles. The van der Waals surface area contributed by atoms with E-state index in [1.54, 1.807) is 13.0 Å². The molecule has 0 spiro atoms. The fraction of sp³-hybridized carbons (Fsp3) is 0.562. The molecule has 1 amide bonds. The second kappa shape index (κ2) is 5.52. The Hall–Kier alpha value is -1.42. The van der Waals surface area contributed by atoms with Crippen LogP contribution in [0.15, 0.2) is 18.2 Å². The van der Waals surface area contributed by atoms with Crippen molar-refractivity contribution in [1.82, 2.24) is 4.90 Å². The fourth-order valence-corrected chi connectivity index (χ4v) is 2.81. The number of halogens is 1. The van der Waals surface area contributed by atoms with Crippen LogP contribution in [0.5, 0.6) is 0 Å². The molecule has 108 valence electrons. The van der Waals surface area contributed by atoms with Gasteiger partial charge < -0.3 is 9.64 Å². The summed E-state index contributed by atoms with van der Waals surface area (Å²) in [4.78, 5) is 14.7. The average Bonchev–Trinajstić information content (AvgIpc) is 3.12. The lowest BCUT2D eigenvalue weighted by atomic mass is 10.0. The number of ether oxygens (including phenoxy) is 1. The van der Waals surface area contributed by atoms with Gasteiger partial charge in [-0.05, 0) is 49.9 Å². The van der Waals surface area contributed by atoms with E-state index in [1.807, 2.05) is 4.90 Å². The molecule has 1 aromatic rings. The van der Waals surface area contributed by atoms with Gasteiger partial charge in [0.2, 0.25) is 0 Å². The number of hydrogen-bond acceptors (Lipinski definition) is 2. The summed E-state index contributed by atoms with van der Waals surface area (Å²) >= 11 is 0. The van der Waals surface area contributed by atoms with Crippen LogP contribution in [0.2, 0.25) is 0 Å². The molecule has 4 heteroatoms. The van der Waals surface area contributed by atoms with Gasteiger partial charge in [-0.3, -0.25) is 4.79 Å². The summed E-state index contributed by atoms with van der Waals surface area (Å²) in [6.45, 7) is 4.10. The molecule has 1 heterocycles. The average molecular weight is 277 g/mol. The first kappa shape index (κ1) is 13.6. The van der Waals surface area contributed by atoms with E-state index >= 15 is 0 Å². The zero-order valence-electron chi connectivity index (χ0n) is 11.8. The van der Waals surface area contributed by atoms with Crippen LogP contribution in [0.3, 0.4) is 0 Å². The van der Waals surface area contributed by atoms with Gasteiger partial charge in [0.05, 0.1) is 6.61 Å². The SMILES string of the molecule is Cc1cc(F)ccc1C(=O)N(CC1CCOC1)C1CC1. The number of rotatable bonds is 4. The molecule has 3 rings (SSSR count). The third kappa shape index (κ3) is 2.85. The van der Waals surface area contributed by atoms with E-state index in [2.05, 4.69) is 0 Å². The minimum Gasteiger partial charge on any atom is -0.381 e. The number of hydrogen-bond donors (Lipinski definition) is 0. The number of amides is 1. The third-order valence-corrected chi connectivity index (χ3v) is 4.15. The number of carbonyl (C=O) groups excluding carboxylic acids is 1. The summed E-state index contributed by atoms with van der Waals surface area (Å²) in [7, 11) is 0. The third-order valence-electron chi connectivity index (χ3n) is 4.15. The summed E-state index contributed by atoms with van der Waals surface area (Å²) in [5.41, 5.74) is 1.33. The molecule has 3 nitrogen and oxygen atoms in total. The van der Waals surface area contributed by atoms with Crippen LogP contribution < -0.4 is 0 Å². The largest absolute Gasteiger partial charge is 0.381 e. The molecule has 1 atom stereocenters. The molecule has 0 aromatic heterocycles. The maximum Gasteiger partial charge on any atom is 0.254 e. The maximum absolute atomic E-state index is 13.2. The van der Waals surface area contributed by atoms with Gasteiger partial charge in [-0.25, -0.2) is 4.39 Å². The van der Waals surface area contributed by atoms with E-state index in [0.29, 0.717) is 23.1 Å². The summed E-state index contributed by atoms with van der Waals surface area (Å²) in [6.07, 6.45) is 3.19. The molecule has 2 aliphatic rings. The molecule has 1 aliphatic heterocycles. The Labute approximate surface area is 118 Å². The Balaban J connectivity index is 1.77. The van der Waals surface area contributed by atoms with Crippen molar-refractivity contribution in [2.75, 3.05) is 19.8 Å². The summed E-state index contributed by atoms with van der Waals surface area (Å²) in [6, 6.07) is 4.77. The molecule has 2 fully saturated rings. The van der Waals surface area contributed by atoms with Crippen molar-refractivity contribution in [3.05, 3.63) is 35.1 Å². The second-order valence-corrected chi connectivity index (χ2v) is 5.88. The van der Waals surface area contributed by atoms with Gasteiger partial charge in [0, 0.05) is 30.7 Å². The van der Waals surface area contributed by atoms with E-state index < -0.39 is 0 Å². The first-order chi connectivity index (χ1) is 9.65. The Morgan fingerprint density at radius 2 is 2.20 bits per heavy atom. The van der Waals surface area contributed by atoms with Gasteiger partial charge >= 0.3 is 0 Å². The van der Waals surface area contributed by atoms with Crippen LogP contribution >= 0.6 is 0 Å². The van der Waals surface area contributed by atoms with Crippen molar-refractivity contribution in [3.8, 4) is 0 Å². The molecule has 0 radical (unpaired) electrons. The van der Waals surface area contributed by atoms with Gasteiger partial charge in [0.1, 0.15) is 5.82 Å². The molecule has 20 heavy (non-hydrogen) atoms. The lowest BCUT2D eigenvalue weighted by Crippen LogP contribution is -2.37. The van der Waals surface area contributed by atoms with Gasteiger partial charge in [0.25, 0.3) is 5.91 Å². The van der Waals surface area contributed by atoms with Crippen molar-refractivity contribution < 1.29 is 13.9 Å². The van der Waals surface area contributed by atoms with Crippen LogP contribution in [0, 0.1) is 18.7 Å². The van der Waals surface area contributed by atoms with E-state index in [1.165, 1.54) is 12.1 Å². The smallest absolute Gasteiger partial charge is 0.254 e. The minimum atomic E-state index is -0.291. The highest BCUT2D eigenvalue weighted by Crippen LogP contribution is 2.31. The topological polar surface area (TPSA) is 29.5 Å². The molecule has 1 saturated carbocycles. The molecule has 0 bridgehead atoms. The van der Waals surface area contributed by atoms with Crippen molar-refractivity contribution in [2.24, 2.45) is 5.92 Å². The quantitative estimate of drug-likeness (QED) is 0.847. The van der Waals surface area contributed by atoms with E-state index in [9.17, 15) is 9.18 Å². The van der Waals surface area contributed by atoms with Crippen molar-refractivity contribution >= 4 is 5.91 Å². The first-order valence-electron chi connectivity index (χ1n) is 7.30. The van der Waals surface area contributed by atoms with Gasteiger partial charge in [-0.2, -0.15) is 0 Å². The second-order valence-electron chi connectivity index (χ2n) is 5.88. The van der Waals surface area contributed by atoms with Crippen LogP contribution in [0.25, 0.3) is 0 Å². The lowest BCUT2D eigenvalue weighted by Gasteiger charge is -2.26. The fourth-order valence-electron chi connectivity index (χ4n) is 2.81. The Morgan fingerprint density at radius 3 is 2.80 bits per heavy atom. The summed E-state index contributed by atoms with van der Waals surface area (Å²) in [5, 5.41) is 0. The van der Waals surface area contributed by atoms with Crippen molar-refractivity contribution in [3.63, 3.8) is 0 Å². The Bertz CT molecular complexity index is 507. The predicted octanol–water partition coefficient (Wildman–Crippen LogP) is 2.78. The van der Waals surface area contributed by atoms with E-state index in [-0.39, 0.29) is 11.7 Å². The Morgan fingerprint density at radius 1 is 1.40 bits per heavy atom. The zero-order chi connectivity index (χ0) is 14.1. The Kier molecular flexibility index (Phi) is 3.74. The highest BCUT2D eigenvalue weighted by molar-refractivity contribution is 5.96. The first-order valence-corrected chi connectivity index (χ1v) is 7.30. The minimum absolute atomic E-state index is 0.0388. The molecule has 1 unspecified atom stereocenters. The lowest BCUT2D eigenvalue weighted by molar-refractivity contribution is 0.0705. The predicted molar refractivity (Wildman–Crippen MR) is 74.1 cm³/mol. The van der Waals surface area contributed by atoms with E-state index in [0.717, 1.165) is 39.0 Å². The van der Waals surface area contributed by atoms with E-state index in [4.69, 9.17) is 4.74 Å². The van der Waals surface area contributed by atoms with Crippen molar-refractivity contribution in [2.45, 2.75) is 32.2 Å². The maximum atomic E-state index is 13.2. The molecule has 1 saturated heterocycles. The standard InChI is InChI=1S/C16H20FNO2/c1-11-8-13(17)2-5-15(11)16(19)18(14-3-4-14)9-12-6-7-20-10-12/h2,5,8,12,14H,3-4,6-7,9-10H2,1H3. The van der Waals surface area contributed by atoms with Crippen LogP contribution in [0.4, 0.5) is 4.39 Å². The summed E-state index contributed by atoms with van der Waals surface area (Å²) < 4.78 is 18.6.